The summed E-state index contributed by atoms with van der Waals surface area (Å²) in [5.74, 6) is -1.39. The summed E-state index contributed by atoms with van der Waals surface area (Å²) >= 11 is 1.21. The number of thioether (sulfide) groups is 1. The molecular formula is C22H25N3O5S. The summed E-state index contributed by atoms with van der Waals surface area (Å²) in [6.07, 6.45) is -1.18. The van der Waals surface area contributed by atoms with Crippen LogP contribution >= 0.6 is 11.8 Å². The number of amides is 4. The van der Waals surface area contributed by atoms with E-state index in [2.05, 4.69) is 10.6 Å². The fraction of sp³-hybridized carbons (Fsp3) is 0.273. The quantitative estimate of drug-likeness (QED) is 0.480. The van der Waals surface area contributed by atoms with Crippen molar-refractivity contribution in [1.82, 2.24) is 15.5 Å². The number of nitrogens with zero attached hydrogens (tertiary/aromatic N) is 1. The highest BCUT2D eigenvalue weighted by Gasteiger charge is 2.22. The highest BCUT2D eigenvalue weighted by atomic mass is 32.2. The van der Waals surface area contributed by atoms with E-state index >= 15 is 0 Å². The molecule has 0 saturated heterocycles. The van der Waals surface area contributed by atoms with Crippen molar-refractivity contribution in [2.45, 2.75) is 24.5 Å². The van der Waals surface area contributed by atoms with Crippen LogP contribution in [0.25, 0.3) is 0 Å². The summed E-state index contributed by atoms with van der Waals surface area (Å²) in [5, 5.41) is 4.72. The molecule has 2 rings (SSSR count). The van der Waals surface area contributed by atoms with Crippen LogP contribution in [0.1, 0.15) is 22.8 Å². The van der Waals surface area contributed by atoms with E-state index in [0.717, 1.165) is 5.56 Å². The van der Waals surface area contributed by atoms with Crippen LogP contribution in [-0.4, -0.2) is 54.7 Å². The first-order valence-corrected chi connectivity index (χ1v) is 10.5. The number of rotatable bonds is 8. The molecule has 4 amide bonds. The Balaban J connectivity index is 1.89. The number of nitrogens with one attached hydrogen (secondary N) is 2. The Labute approximate surface area is 185 Å². The zero-order valence-electron chi connectivity index (χ0n) is 17.6. The fourth-order valence-corrected chi connectivity index (χ4v) is 3.36. The van der Waals surface area contributed by atoms with Crippen LogP contribution in [0.3, 0.4) is 0 Å². The van der Waals surface area contributed by atoms with Crippen molar-refractivity contribution in [3.05, 3.63) is 65.7 Å². The van der Waals surface area contributed by atoms with Gasteiger partial charge in [-0.05, 0) is 24.6 Å². The van der Waals surface area contributed by atoms with Crippen molar-refractivity contribution < 1.29 is 23.9 Å². The lowest BCUT2D eigenvalue weighted by Crippen LogP contribution is -2.44. The minimum absolute atomic E-state index is 0.0950. The molecule has 1 unspecified atom stereocenters. The molecule has 31 heavy (non-hydrogen) atoms. The van der Waals surface area contributed by atoms with Crippen LogP contribution in [0.15, 0.2) is 59.5 Å². The van der Waals surface area contributed by atoms with Crippen LogP contribution in [0, 0.1) is 0 Å². The molecule has 9 heteroatoms. The van der Waals surface area contributed by atoms with Gasteiger partial charge in [0.25, 0.3) is 5.91 Å². The standard InChI is InChI=1S/C22H25N3O5S/c1-15(20(27)24-22(29)23-13-16-9-5-4-6-10-16)30-21(28)17-11-7-8-12-18(17)31-14-19(26)25(2)3/h4-12,15H,13-14H2,1-3H3,(H2,23,24,27,29). The van der Waals surface area contributed by atoms with Crippen molar-refractivity contribution in [2.24, 2.45) is 0 Å². The van der Waals surface area contributed by atoms with Crippen LogP contribution in [-0.2, 0) is 20.9 Å². The maximum atomic E-state index is 12.5. The van der Waals surface area contributed by atoms with Crippen molar-refractivity contribution in [3.8, 4) is 0 Å². The van der Waals surface area contributed by atoms with Gasteiger partial charge >= 0.3 is 12.0 Å². The molecule has 0 saturated carbocycles. The zero-order chi connectivity index (χ0) is 22.8. The average Bonchev–Trinajstić information content (AvgIpc) is 2.76. The maximum absolute atomic E-state index is 12.5. The van der Waals surface area contributed by atoms with Gasteiger partial charge in [-0.2, -0.15) is 0 Å². The van der Waals surface area contributed by atoms with Crippen molar-refractivity contribution in [2.75, 3.05) is 19.8 Å². The molecule has 2 aromatic rings. The molecule has 0 spiro atoms. The number of carbonyl (C=O) groups is 4. The molecule has 164 valence electrons. The average molecular weight is 444 g/mol. The Morgan fingerprint density at radius 3 is 2.32 bits per heavy atom. The highest BCUT2D eigenvalue weighted by Crippen LogP contribution is 2.24. The van der Waals surface area contributed by atoms with E-state index in [4.69, 9.17) is 4.74 Å². The number of benzene rings is 2. The Hall–Kier alpha value is -3.33. The molecule has 0 aliphatic carbocycles. The molecule has 0 aliphatic rings. The van der Waals surface area contributed by atoms with Crippen molar-refractivity contribution >= 4 is 35.6 Å². The summed E-state index contributed by atoms with van der Waals surface area (Å²) in [6.45, 7) is 1.63. The lowest BCUT2D eigenvalue weighted by molar-refractivity contribution is -0.128. The Kier molecular flexibility index (Phi) is 9.08. The fourth-order valence-electron chi connectivity index (χ4n) is 2.34. The summed E-state index contributed by atoms with van der Waals surface area (Å²) in [5.41, 5.74) is 1.12. The highest BCUT2D eigenvalue weighted by molar-refractivity contribution is 8.00. The largest absolute Gasteiger partial charge is 0.449 e. The summed E-state index contributed by atoms with van der Waals surface area (Å²) < 4.78 is 5.22. The van der Waals surface area contributed by atoms with Crippen molar-refractivity contribution in [3.63, 3.8) is 0 Å². The SMILES string of the molecule is CC(OC(=O)c1ccccc1SCC(=O)N(C)C)C(=O)NC(=O)NCc1ccccc1. The van der Waals surface area contributed by atoms with Gasteiger partial charge in [0, 0.05) is 25.5 Å². The second kappa shape index (κ2) is 11.8. The number of ether oxygens (including phenoxy) is 1. The third kappa shape index (κ3) is 7.78. The van der Waals surface area contributed by atoms with Gasteiger partial charge in [-0.25, -0.2) is 9.59 Å². The Bertz CT molecular complexity index is 934. The second-order valence-electron chi connectivity index (χ2n) is 6.78. The van der Waals surface area contributed by atoms with Gasteiger partial charge < -0.3 is 15.0 Å². The number of esters is 1. The van der Waals surface area contributed by atoms with E-state index in [0.29, 0.717) is 4.90 Å². The van der Waals surface area contributed by atoms with Crippen LogP contribution in [0.4, 0.5) is 4.79 Å². The second-order valence-corrected chi connectivity index (χ2v) is 7.80. The predicted octanol–water partition coefficient (Wildman–Crippen LogP) is 2.44. The van der Waals surface area contributed by atoms with E-state index in [-0.39, 0.29) is 23.8 Å². The Morgan fingerprint density at radius 1 is 1.00 bits per heavy atom. The molecule has 8 nitrogen and oxygen atoms in total. The van der Waals surface area contributed by atoms with E-state index in [1.807, 2.05) is 30.3 Å². The molecule has 2 aromatic carbocycles. The monoisotopic (exact) mass is 443 g/mol. The molecule has 2 N–H and O–H groups in total. The molecule has 0 heterocycles. The number of urea groups is 1. The predicted molar refractivity (Wildman–Crippen MR) is 118 cm³/mol. The van der Waals surface area contributed by atoms with Crippen molar-refractivity contribution in [1.29, 1.82) is 0 Å². The van der Waals surface area contributed by atoms with Crippen LogP contribution < -0.4 is 10.6 Å². The summed E-state index contributed by atoms with van der Waals surface area (Å²) in [6, 6.07) is 15.2. The number of imide groups is 1. The maximum Gasteiger partial charge on any atom is 0.340 e. The molecule has 0 aromatic heterocycles. The number of hydrogen-bond acceptors (Lipinski definition) is 6. The molecule has 0 aliphatic heterocycles. The zero-order valence-corrected chi connectivity index (χ0v) is 18.4. The van der Waals surface area contributed by atoms with Gasteiger partial charge in [0.05, 0.1) is 11.3 Å². The van der Waals surface area contributed by atoms with E-state index in [1.54, 1.807) is 38.4 Å². The minimum atomic E-state index is -1.18. The topological polar surface area (TPSA) is 105 Å². The summed E-state index contributed by atoms with van der Waals surface area (Å²) in [4.78, 5) is 50.5. The van der Waals surface area contributed by atoms with Gasteiger partial charge in [-0.15, -0.1) is 11.8 Å². The van der Waals surface area contributed by atoms with Gasteiger partial charge in [-0.3, -0.25) is 14.9 Å². The number of hydrogen-bond donors (Lipinski definition) is 2. The molecular weight excluding hydrogens is 418 g/mol. The minimum Gasteiger partial charge on any atom is -0.449 e. The summed E-state index contributed by atoms with van der Waals surface area (Å²) in [7, 11) is 3.30. The normalized spacial score (nSPS) is 11.2. The Morgan fingerprint density at radius 2 is 1.65 bits per heavy atom. The number of carbonyl (C=O) groups excluding carboxylic acids is 4. The van der Waals surface area contributed by atoms with Crippen LogP contribution in [0.5, 0.6) is 0 Å². The van der Waals surface area contributed by atoms with Gasteiger partial charge in [0.1, 0.15) is 0 Å². The molecule has 1 atom stereocenters. The third-order valence-electron chi connectivity index (χ3n) is 4.14. The van der Waals surface area contributed by atoms with E-state index in [1.165, 1.54) is 23.6 Å². The van der Waals surface area contributed by atoms with Gasteiger partial charge in [0.2, 0.25) is 5.91 Å². The smallest absolute Gasteiger partial charge is 0.340 e. The lowest BCUT2D eigenvalue weighted by Gasteiger charge is -2.15. The van der Waals surface area contributed by atoms with Gasteiger partial charge in [-0.1, -0.05) is 42.5 Å². The third-order valence-corrected chi connectivity index (χ3v) is 5.20. The lowest BCUT2D eigenvalue weighted by atomic mass is 10.2. The molecule has 0 fully saturated rings. The molecule has 0 radical (unpaired) electrons. The first-order chi connectivity index (χ1) is 14.8. The van der Waals surface area contributed by atoms with E-state index in [9.17, 15) is 19.2 Å². The first kappa shape index (κ1) is 23.9. The molecule has 0 bridgehead atoms. The van der Waals surface area contributed by atoms with E-state index < -0.39 is 24.0 Å². The van der Waals surface area contributed by atoms with Crippen LogP contribution in [0.2, 0.25) is 0 Å². The first-order valence-electron chi connectivity index (χ1n) is 9.53. The van der Waals surface area contributed by atoms with Gasteiger partial charge in [0.15, 0.2) is 6.10 Å².